The Bertz CT molecular complexity index is 845. The van der Waals surface area contributed by atoms with Crippen molar-refractivity contribution < 1.29 is 52.4 Å². The predicted molar refractivity (Wildman–Crippen MR) is 93.2 cm³/mol. The molecule has 2 unspecified atom stereocenters. The van der Waals surface area contributed by atoms with Crippen LogP contribution in [0.25, 0.3) is 0 Å². The minimum Gasteiger partial charge on any atom is -0.744 e. The van der Waals surface area contributed by atoms with Crippen LogP contribution in [0.15, 0.2) is 71.6 Å². The molecule has 1 N–H and O–H groups in total. The molecule has 0 radical (unpaired) electrons. The molecule has 2 rings (SSSR count). The molecule has 0 aliphatic rings. The average Bonchev–Trinajstić information content (AvgIpc) is 2.58. The Morgan fingerprint density at radius 2 is 1.65 bits per heavy atom. The molecule has 5 nitrogen and oxygen atoms in total. The van der Waals surface area contributed by atoms with Crippen molar-refractivity contribution in [2.45, 2.75) is 24.2 Å². The normalized spacial score (nSPS) is 13.8. The fourth-order valence-corrected chi connectivity index (χ4v) is 2.92. The monoisotopic (exact) mass is 382 g/mol. The zero-order valence-corrected chi connectivity index (χ0v) is 17.5. The summed E-state index contributed by atoms with van der Waals surface area (Å²) in [7, 11) is -4.50. The van der Waals surface area contributed by atoms with E-state index in [2.05, 4.69) is 0 Å². The predicted octanol–water partition coefficient (Wildman–Crippen LogP) is 0.198. The number of rotatable bonds is 7. The second kappa shape index (κ2) is 10.0. The summed E-state index contributed by atoms with van der Waals surface area (Å²) in [5.41, 5.74) is 1.74. The van der Waals surface area contributed by atoms with Crippen molar-refractivity contribution in [3.8, 4) is 0 Å². The molecule has 0 bridgehead atoms. The van der Waals surface area contributed by atoms with Gasteiger partial charge in [0.1, 0.15) is 10.1 Å². The summed E-state index contributed by atoms with van der Waals surface area (Å²) in [4.78, 5) is 11.2. The molecule has 0 aliphatic carbocycles. The molecular weight excluding hydrogens is 363 g/mol. The Morgan fingerprint density at radius 1 is 1.08 bits per heavy atom. The number of carbonyl (C=O) groups is 1. The summed E-state index contributed by atoms with van der Waals surface area (Å²) in [6.45, 7) is 1.98. The van der Waals surface area contributed by atoms with Crippen LogP contribution >= 0.6 is 0 Å². The zero-order valence-electron chi connectivity index (χ0n) is 14.7. The number of carboxylic acid groups (broad SMARTS) is 1. The van der Waals surface area contributed by atoms with Gasteiger partial charge < -0.3 is 9.66 Å². The molecule has 0 aliphatic heterocycles. The smallest absolute Gasteiger partial charge is 0.744 e. The molecule has 7 heteroatoms. The Balaban J connectivity index is 0.00000338. The molecule has 0 fully saturated rings. The molecular formula is C19H19NaO5S. The molecule has 0 saturated carbocycles. The van der Waals surface area contributed by atoms with E-state index in [-0.39, 0.29) is 46.8 Å². The maximum Gasteiger partial charge on any atom is 1.00 e. The van der Waals surface area contributed by atoms with Crippen LogP contribution in [-0.2, 0) is 21.3 Å². The van der Waals surface area contributed by atoms with E-state index >= 15 is 0 Å². The molecule has 26 heavy (non-hydrogen) atoms. The van der Waals surface area contributed by atoms with Gasteiger partial charge in [0.25, 0.3) is 0 Å². The van der Waals surface area contributed by atoms with Gasteiger partial charge in [-0.15, -0.1) is 0 Å². The quantitative estimate of drug-likeness (QED) is 0.419. The van der Waals surface area contributed by atoms with Crippen LogP contribution in [0.2, 0.25) is 0 Å². The zero-order chi connectivity index (χ0) is 18.4. The SMILES string of the molecule is CC(C=CC(Cc1ccc(S(=O)(=O)[O-])cc1)C(=O)O)c1ccccc1.[Na+]. The van der Waals surface area contributed by atoms with Crippen LogP contribution in [0.4, 0.5) is 0 Å². The minimum atomic E-state index is -4.50. The fourth-order valence-electron chi connectivity index (χ4n) is 2.45. The van der Waals surface area contributed by atoms with Gasteiger partial charge >= 0.3 is 35.5 Å². The number of aliphatic carboxylic acids is 1. The number of hydrogen-bond donors (Lipinski definition) is 1. The molecule has 0 saturated heterocycles. The Morgan fingerprint density at radius 3 is 2.15 bits per heavy atom. The van der Waals surface area contributed by atoms with E-state index in [1.807, 2.05) is 43.3 Å². The molecule has 2 aromatic rings. The van der Waals surface area contributed by atoms with Crippen molar-refractivity contribution in [1.29, 1.82) is 0 Å². The summed E-state index contributed by atoms with van der Waals surface area (Å²) in [6, 6.07) is 15.1. The van der Waals surface area contributed by atoms with Crippen molar-refractivity contribution in [2.24, 2.45) is 5.92 Å². The summed E-state index contributed by atoms with van der Waals surface area (Å²) < 4.78 is 32.8. The third-order valence-corrected chi connectivity index (χ3v) is 4.79. The molecule has 0 heterocycles. The van der Waals surface area contributed by atoms with E-state index in [4.69, 9.17) is 0 Å². The molecule has 2 atom stereocenters. The van der Waals surface area contributed by atoms with Gasteiger partial charge in [0, 0.05) is 0 Å². The Labute approximate surface area is 175 Å². The number of carboxylic acids is 1. The van der Waals surface area contributed by atoms with E-state index in [0.29, 0.717) is 5.56 Å². The Kier molecular flexibility index (Phi) is 8.73. The molecule has 2 aromatic carbocycles. The van der Waals surface area contributed by atoms with Gasteiger partial charge in [0.05, 0.1) is 10.8 Å². The number of hydrogen-bond acceptors (Lipinski definition) is 4. The van der Waals surface area contributed by atoms with Gasteiger partial charge in [-0.25, -0.2) is 8.42 Å². The van der Waals surface area contributed by atoms with Crippen molar-refractivity contribution in [2.75, 3.05) is 0 Å². The standard InChI is InChI=1S/C19H20O5S.Na/c1-14(16-5-3-2-4-6-16)7-10-17(19(20)21)13-15-8-11-18(12-9-15)25(22,23)24;/h2-12,14,17H,13H2,1H3,(H,20,21)(H,22,23,24);/q;+1/p-1. The van der Waals surface area contributed by atoms with Crippen LogP contribution in [0.5, 0.6) is 0 Å². The van der Waals surface area contributed by atoms with Gasteiger partial charge in [-0.3, -0.25) is 4.79 Å². The maximum absolute atomic E-state index is 11.5. The molecule has 0 aromatic heterocycles. The van der Waals surface area contributed by atoms with E-state index in [1.165, 1.54) is 24.3 Å². The van der Waals surface area contributed by atoms with Crippen LogP contribution in [0.3, 0.4) is 0 Å². The van der Waals surface area contributed by atoms with Crippen LogP contribution in [-0.4, -0.2) is 24.0 Å². The summed E-state index contributed by atoms with van der Waals surface area (Å²) >= 11 is 0. The first-order valence-electron chi connectivity index (χ1n) is 7.78. The van der Waals surface area contributed by atoms with Gasteiger partial charge in [-0.05, 0) is 35.6 Å². The van der Waals surface area contributed by atoms with Gasteiger partial charge in [0.15, 0.2) is 0 Å². The largest absolute Gasteiger partial charge is 1.00 e. The molecule has 0 amide bonds. The number of allylic oxidation sites excluding steroid dienone is 1. The maximum atomic E-state index is 11.5. The summed E-state index contributed by atoms with van der Waals surface area (Å²) in [5, 5.41) is 9.40. The minimum absolute atomic E-state index is 0. The first-order chi connectivity index (χ1) is 11.8. The van der Waals surface area contributed by atoms with Crippen molar-refractivity contribution in [3.05, 3.63) is 77.9 Å². The molecule has 132 valence electrons. The fraction of sp³-hybridized carbons (Fsp3) is 0.211. The third-order valence-electron chi connectivity index (χ3n) is 3.94. The van der Waals surface area contributed by atoms with Gasteiger partial charge in [-0.1, -0.05) is 61.5 Å². The van der Waals surface area contributed by atoms with Crippen LogP contribution in [0, 0.1) is 5.92 Å². The summed E-state index contributed by atoms with van der Waals surface area (Å²) in [6.07, 6.45) is 3.72. The number of benzene rings is 2. The molecule has 0 spiro atoms. The van der Waals surface area contributed by atoms with Crippen molar-refractivity contribution in [1.82, 2.24) is 0 Å². The first kappa shape index (κ1) is 22.6. The van der Waals surface area contributed by atoms with E-state index in [1.54, 1.807) is 6.08 Å². The van der Waals surface area contributed by atoms with E-state index < -0.39 is 22.0 Å². The second-order valence-electron chi connectivity index (χ2n) is 5.83. The van der Waals surface area contributed by atoms with Crippen LogP contribution < -0.4 is 29.6 Å². The van der Waals surface area contributed by atoms with Gasteiger partial charge in [-0.2, -0.15) is 0 Å². The topological polar surface area (TPSA) is 94.5 Å². The average molecular weight is 382 g/mol. The third kappa shape index (κ3) is 6.70. The van der Waals surface area contributed by atoms with E-state index in [0.717, 1.165) is 5.56 Å². The van der Waals surface area contributed by atoms with Crippen molar-refractivity contribution in [3.63, 3.8) is 0 Å². The van der Waals surface area contributed by atoms with E-state index in [9.17, 15) is 22.9 Å². The summed E-state index contributed by atoms with van der Waals surface area (Å²) in [5.74, 6) is -1.62. The van der Waals surface area contributed by atoms with Crippen molar-refractivity contribution >= 4 is 16.1 Å². The second-order valence-corrected chi connectivity index (χ2v) is 7.21. The first-order valence-corrected chi connectivity index (χ1v) is 9.19. The Hall–Kier alpha value is -1.44. The van der Waals surface area contributed by atoms with Crippen LogP contribution in [0.1, 0.15) is 24.0 Å². The van der Waals surface area contributed by atoms with Gasteiger partial charge in [0.2, 0.25) is 0 Å².